The molecule has 0 aliphatic heterocycles. The first-order chi connectivity index (χ1) is 13.8. The van der Waals surface area contributed by atoms with Crippen molar-refractivity contribution < 1.29 is 27.4 Å². The van der Waals surface area contributed by atoms with Crippen LogP contribution in [0.2, 0.25) is 0 Å². The van der Waals surface area contributed by atoms with Gasteiger partial charge in [0.1, 0.15) is 0 Å². The highest BCUT2D eigenvalue weighted by Gasteiger charge is 2.37. The Morgan fingerprint density at radius 3 is 2.41 bits per heavy atom. The number of pyridine rings is 1. The Balaban J connectivity index is 1.96. The molecule has 1 amide bonds. The maximum atomic E-state index is 13.7. The van der Waals surface area contributed by atoms with Gasteiger partial charge in [0.2, 0.25) is 0 Å². The van der Waals surface area contributed by atoms with Crippen LogP contribution in [0.1, 0.15) is 34.5 Å². The van der Waals surface area contributed by atoms with Gasteiger partial charge in [-0.1, -0.05) is 24.3 Å². The van der Waals surface area contributed by atoms with Crippen LogP contribution in [0, 0.1) is 0 Å². The zero-order chi connectivity index (χ0) is 21.2. The third-order valence-corrected chi connectivity index (χ3v) is 4.56. The van der Waals surface area contributed by atoms with Gasteiger partial charge >= 0.3 is 6.18 Å². The third kappa shape index (κ3) is 4.11. The summed E-state index contributed by atoms with van der Waals surface area (Å²) >= 11 is 0. The quantitative estimate of drug-likeness (QED) is 0.666. The Labute approximate surface area is 165 Å². The summed E-state index contributed by atoms with van der Waals surface area (Å²) in [6.45, 7) is 1.67. The Bertz CT molecular complexity index is 1050. The highest BCUT2D eigenvalue weighted by Crippen LogP contribution is 2.37. The molecule has 0 radical (unpaired) electrons. The molecule has 0 spiro atoms. The standard InChI is InChI=1S/C21H19F3N2O3/c1-12(13-8-9-17(28-2)18(10-13)29-3)26-20(27)15-11-25-16-7-5-4-6-14(16)19(15)21(22,23)24/h4-12H,1-3H3,(H,26,27). The molecule has 3 aromatic rings. The first-order valence-corrected chi connectivity index (χ1v) is 8.74. The number of ether oxygens (including phenoxy) is 2. The van der Waals surface area contributed by atoms with Crippen molar-refractivity contribution in [1.29, 1.82) is 0 Å². The van der Waals surface area contributed by atoms with Crippen LogP contribution < -0.4 is 14.8 Å². The van der Waals surface area contributed by atoms with Crippen LogP contribution in [0.25, 0.3) is 10.9 Å². The van der Waals surface area contributed by atoms with Crippen molar-refractivity contribution in [2.75, 3.05) is 14.2 Å². The molecule has 1 unspecified atom stereocenters. The summed E-state index contributed by atoms with van der Waals surface area (Å²) in [7, 11) is 2.97. The molecule has 0 aliphatic rings. The molecule has 0 saturated heterocycles. The molecular weight excluding hydrogens is 385 g/mol. The number of methoxy groups -OCH3 is 2. The van der Waals surface area contributed by atoms with Crippen LogP contribution in [0.15, 0.2) is 48.7 Å². The van der Waals surface area contributed by atoms with Crippen LogP contribution in [0.4, 0.5) is 13.2 Å². The van der Waals surface area contributed by atoms with Gasteiger partial charge in [0, 0.05) is 11.6 Å². The molecule has 1 N–H and O–H groups in total. The van der Waals surface area contributed by atoms with Gasteiger partial charge in [-0.25, -0.2) is 0 Å². The number of rotatable bonds is 5. The fourth-order valence-electron chi connectivity index (χ4n) is 3.10. The van der Waals surface area contributed by atoms with E-state index in [-0.39, 0.29) is 10.9 Å². The minimum Gasteiger partial charge on any atom is -0.493 e. The van der Waals surface area contributed by atoms with Crippen molar-refractivity contribution in [3.8, 4) is 11.5 Å². The Morgan fingerprint density at radius 2 is 1.76 bits per heavy atom. The number of hydrogen-bond acceptors (Lipinski definition) is 4. The van der Waals surface area contributed by atoms with E-state index < -0.39 is 29.3 Å². The number of benzene rings is 2. The molecule has 0 saturated carbocycles. The van der Waals surface area contributed by atoms with Crippen molar-refractivity contribution in [1.82, 2.24) is 10.3 Å². The van der Waals surface area contributed by atoms with Gasteiger partial charge in [-0.05, 0) is 30.7 Å². The van der Waals surface area contributed by atoms with Gasteiger partial charge in [-0.3, -0.25) is 9.78 Å². The van der Waals surface area contributed by atoms with Crippen molar-refractivity contribution >= 4 is 16.8 Å². The van der Waals surface area contributed by atoms with E-state index >= 15 is 0 Å². The van der Waals surface area contributed by atoms with E-state index in [1.807, 2.05) is 0 Å². The number of halogens is 3. The van der Waals surface area contributed by atoms with Gasteiger partial charge < -0.3 is 14.8 Å². The van der Waals surface area contributed by atoms with Crippen LogP contribution in [-0.2, 0) is 6.18 Å². The highest BCUT2D eigenvalue weighted by molar-refractivity contribution is 6.00. The predicted octanol–water partition coefficient (Wildman–Crippen LogP) is 4.76. The number of nitrogens with one attached hydrogen (secondary N) is 1. The Morgan fingerprint density at radius 1 is 1.07 bits per heavy atom. The lowest BCUT2D eigenvalue weighted by Crippen LogP contribution is -2.29. The average molecular weight is 404 g/mol. The minimum atomic E-state index is -4.71. The number of nitrogens with zero attached hydrogens (tertiary/aromatic N) is 1. The van der Waals surface area contributed by atoms with Crippen molar-refractivity contribution in [2.45, 2.75) is 19.1 Å². The van der Waals surface area contributed by atoms with Crippen LogP contribution in [-0.4, -0.2) is 25.1 Å². The van der Waals surface area contributed by atoms with Gasteiger partial charge in [0.25, 0.3) is 5.91 Å². The number of amides is 1. The normalized spacial score (nSPS) is 12.5. The number of carbonyl (C=O) groups is 1. The molecule has 1 aromatic heterocycles. The average Bonchev–Trinajstić information content (AvgIpc) is 2.71. The molecule has 0 bridgehead atoms. The molecule has 5 nitrogen and oxygen atoms in total. The van der Waals surface area contributed by atoms with Crippen LogP contribution >= 0.6 is 0 Å². The summed E-state index contributed by atoms with van der Waals surface area (Å²) in [6.07, 6.45) is -3.75. The molecule has 2 aromatic carbocycles. The van der Waals surface area contributed by atoms with Crippen molar-refractivity contribution in [3.63, 3.8) is 0 Å². The van der Waals surface area contributed by atoms with E-state index in [4.69, 9.17) is 9.47 Å². The van der Waals surface area contributed by atoms with Gasteiger partial charge in [0.05, 0.1) is 36.9 Å². The second-order valence-corrected chi connectivity index (χ2v) is 6.37. The zero-order valence-corrected chi connectivity index (χ0v) is 16.0. The van der Waals surface area contributed by atoms with E-state index in [1.165, 1.54) is 32.4 Å². The van der Waals surface area contributed by atoms with E-state index in [2.05, 4.69) is 10.3 Å². The molecule has 0 fully saturated rings. The van der Waals surface area contributed by atoms with Crippen LogP contribution in [0.5, 0.6) is 11.5 Å². The zero-order valence-electron chi connectivity index (χ0n) is 16.0. The maximum Gasteiger partial charge on any atom is 0.417 e. The number of hydrogen-bond donors (Lipinski definition) is 1. The molecule has 1 atom stereocenters. The van der Waals surface area contributed by atoms with E-state index in [1.54, 1.807) is 31.2 Å². The SMILES string of the molecule is COc1ccc(C(C)NC(=O)c2cnc3ccccc3c2C(F)(F)F)cc1OC. The fraction of sp³-hybridized carbons (Fsp3) is 0.238. The lowest BCUT2D eigenvalue weighted by molar-refractivity contribution is -0.136. The lowest BCUT2D eigenvalue weighted by Gasteiger charge is -2.19. The largest absolute Gasteiger partial charge is 0.493 e. The van der Waals surface area contributed by atoms with E-state index in [0.717, 1.165) is 6.20 Å². The second kappa shape index (κ2) is 7.98. The number of aromatic nitrogens is 1. The molecule has 3 rings (SSSR count). The number of carbonyl (C=O) groups excluding carboxylic acids is 1. The molecule has 1 heterocycles. The van der Waals surface area contributed by atoms with Crippen molar-refractivity contribution in [3.05, 3.63) is 65.4 Å². The second-order valence-electron chi connectivity index (χ2n) is 6.37. The molecule has 152 valence electrons. The van der Waals surface area contributed by atoms with Gasteiger partial charge in [-0.2, -0.15) is 13.2 Å². The molecule has 8 heteroatoms. The summed E-state index contributed by atoms with van der Waals surface area (Å²) < 4.78 is 51.6. The Hall–Kier alpha value is -3.29. The number of fused-ring (bicyclic) bond motifs is 1. The third-order valence-electron chi connectivity index (χ3n) is 4.56. The van der Waals surface area contributed by atoms with Gasteiger partial charge in [-0.15, -0.1) is 0 Å². The number of alkyl halides is 3. The lowest BCUT2D eigenvalue weighted by atomic mass is 10.0. The fourth-order valence-corrected chi connectivity index (χ4v) is 3.10. The summed E-state index contributed by atoms with van der Waals surface area (Å²) in [6, 6.07) is 10.3. The Kier molecular flexibility index (Phi) is 5.63. The number of para-hydroxylation sites is 1. The van der Waals surface area contributed by atoms with Crippen molar-refractivity contribution in [2.24, 2.45) is 0 Å². The summed E-state index contributed by atoms with van der Waals surface area (Å²) in [4.78, 5) is 16.7. The monoisotopic (exact) mass is 404 g/mol. The maximum absolute atomic E-state index is 13.7. The first kappa shape index (κ1) is 20.4. The molecular formula is C21H19F3N2O3. The first-order valence-electron chi connectivity index (χ1n) is 8.74. The topological polar surface area (TPSA) is 60.5 Å². The molecule has 0 aliphatic carbocycles. The van der Waals surface area contributed by atoms with Crippen LogP contribution in [0.3, 0.4) is 0 Å². The van der Waals surface area contributed by atoms with E-state index in [9.17, 15) is 18.0 Å². The molecule has 29 heavy (non-hydrogen) atoms. The highest BCUT2D eigenvalue weighted by atomic mass is 19.4. The predicted molar refractivity (Wildman–Crippen MR) is 102 cm³/mol. The summed E-state index contributed by atoms with van der Waals surface area (Å²) in [5.74, 6) is 0.0974. The minimum absolute atomic E-state index is 0.119. The van der Waals surface area contributed by atoms with Gasteiger partial charge in [0.15, 0.2) is 11.5 Å². The smallest absolute Gasteiger partial charge is 0.417 e. The van der Waals surface area contributed by atoms with E-state index in [0.29, 0.717) is 17.1 Å². The summed E-state index contributed by atoms with van der Waals surface area (Å²) in [5.41, 5.74) is -0.703. The summed E-state index contributed by atoms with van der Waals surface area (Å²) in [5, 5.41) is 2.48.